The summed E-state index contributed by atoms with van der Waals surface area (Å²) >= 11 is 6.00. The molecule has 0 saturated carbocycles. The molecule has 0 saturated heterocycles. The van der Waals surface area contributed by atoms with Crippen molar-refractivity contribution in [1.82, 2.24) is 10.2 Å². The van der Waals surface area contributed by atoms with Gasteiger partial charge >= 0.3 is 0 Å². The second-order valence-corrected chi connectivity index (χ2v) is 12.9. The summed E-state index contributed by atoms with van der Waals surface area (Å²) in [4.78, 5) is 28.6. The smallest absolute Gasteiger partial charge is 0.264 e. The van der Waals surface area contributed by atoms with Gasteiger partial charge in [-0.15, -0.1) is 0 Å². The average molecular weight is 586 g/mol. The molecule has 0 radical (unpaired) electrons. The van der Waals surface area contributed by atoms with E-state index >= 15 is 0 Å². The number of hydrogen-bond acceptors (Lipinski definition) is 5. The van der Waals surface area contributed by atoms with Crippen molar-refractivity contribution in [3.05, 3.63) is 88.9 Å². The number of sulfonamides is 1. The Morgan fingerprint density at radius 2 is 1.65 bits per heavy atom. The van der Waals surface area contributed by atoms with Gasteiger partial charge < -0.3 is 15.0 Å². The number of aryl methyl sites for hydroxylation is 1. The number of rotatable bonds is 10. The number of anilines is 1. The summed E-state index contributed by atoms with van der Waals surface area (Å²) in [7, 11) is -2.62. The van der Waals surface area contributed by atoms with Crippen molar-refractivity contribution in [1.29, 1.82) is 0 Å². The molecular weight excluding hydrogens is 550 g/mol. The van der Waals surface area contributed by atoms with Gasteiger partial charge in [-0.1, -0.05) is 35.9 Å². The second-order valence-electron chi connectivity index (χ2n) is 10.6. The van der Waals surface area contributed by atoms with Gasteiger partial charge in [0.2, 0.25) is 11.8 Å². The molecule has 3 aromatic rings. The van der Waals surface area contributed by atoms with E-state index in [0.29, 0.717) is 16.5 Å². The van der Waals surface area contributed by atoms with Gasteiger partial charge in [0.05, 0.1) is 17.7 Å². The van der Waals surface area contributed by atoms with Crippen molar-refractivity contribution in [3.63, 3.8) is 0 Å². The highest BCUT2D eigenvalue weighted by molar-refractivity contribution is 7.92. The molecule has 0 spiro atoms. The molecule has 1 N–H and O–H groups in total. The zero-order valence-corrected chi connectivity index (χ0v) is 25.2. The van der Waals surface area contributed by atoms with Crippen molar-refractivity contribution in [2.45, 2.75) is 57.6 Å². The predicted octanol–water partition coefficient (Wildman–Crippen LogP) is 5.18. The van der Waals surface area contributed by atoms with Gasteiger partial charge in [-0.05, 0) is 94.3 Å². The Morgan fingerprint density at radius 3 is 2.25 bits per heavy atom. The lowest BCUT2D eigenvalue weighted by molar-refractivity contribution is -0.140. The molecule has 0 aromatic heterocycles. The third-order valence-corrected chi connectivity index (χ3v) is 8.16. The van der Waals surface area contributed by atoms with Crippen LogP contribution in [0.5, 0.6) is 5.75 Å². The Morgan fingerprint density at radius 1 is 1.00 bits per heavy atom. The number of nitrogens with zero attached hydrogens (tertiary/aromatic N) is 2. The van der Waals surface area contributed by atoms with E-state index in [1.54, 1.807) is 50.4 Å². The highest BCUT2D eigenvalue weighted by atomic mass is 35.5. The van der Waals surface area contributed by atoms with Crippen molar-refractivity contribution in [2.24, 2.45) is 0 Å². The normalized spacial score (nSPS) is 12.4. The van der Waals surface area contributed by atoms with Gasteiger partial charge in [-0.3, -0.25) is 13.9 Å². The first-order valence-corrected chi connectivity index (χ1v) is 14.6. The monoisotopic (exact) mass is 585 g/mol. The zero-order valence-electron chi connectivity index (χ0n) is 23.6. The van der Waals surface area contributed by atoms with Crippen molar-refractivity contribution in [2.75, 3.05) is 18.0 Å². The molecule has 2 amide bonds. The van der Waals surface area contributed by atoms with E-state index in [4.69, 9.17) is 16.3 Å². The maximum atomic E-state index is 14.0. The number of hydrogen-bond donors (Lipinski definition) is 1. The topological polar surface area (TPSA) is 96.0 Å². The number of methoxy groups -OCH3 is 1. The van der Waals surface area contributed by atoms with E-state index in [9.17, 15) is 18.0 Å². The third kappa shape index (κ3) is 7.99. The highest BCUT2D eigenvalue weighted by Crippen LogP contribution is 2.26. The van der Waals surface area contributed by atoms with Crippen LogP contribution in [-0.4, -0.2) is 50.4 Å². The molecule has 0 fully saturated rings. The van der Waals surface area contributed by atoms with E-state index < -0.39 is 34.1 Å². The minimum Gasteiger partial charge on any atom is -0.497 e. The Hall–Kier alpha value is -3.56. The molecule has 3 rings (SSSR count). The molecule has 0 aliphatic rings. The number of carbonyl (C=O) groups excluding carboxylic acids is 2. The first-order valence-electron chi connectivity index (χ1n) is 12.8. The summed E-state index contributed by atoms with van der Waals surface area (Å²) in [6.07, 6.45) is 0. The van der Waals surface area contributed by atoms with Crippen molar-refractivity contribution >= 4 is 39.1 Å². The van der Waals surface area contributed by atoms with E-state index in [2.05, 4.69) is 5.32 Å². The van der Waals surface area contributed by atoms with Gasteiger partial charge in [0.15, 0.2) is 0 Å². The lowest BCUT2D eigenvalue weighted by Crippen LogP contribution is -2.54. The minimum absolute atomic E-state index is 0.0101. The Kier molecular flexibility index (Phi) is 9.87. The largest absolute Gasteiger partial charge is 0.497 e. The fourth-order valence-corrected chi connectivity index (χ4v) is 5.60. The number of carbonyl (C=O) groups is 2. The molecule has 0 bridgehead atoms. The molecule has 0 aliphatic heterocycles. The number of benzene rings is 3. The minimum atomic E-state index is -4.17. The fraction of sp³-hybridized carbons (Fsp3) is 0.333. The molecule has 40 heavy (non-hydrogen) atoms. The molecular formula is C30H36ClN3O5S. The van der Waals surface area contributed by atoms with Gasteiger partial charge in [0.1, 0.15) is 18.3 Å². The van der Waals surface area contributed by atoms with Crippen molar-refractivity contribution < 1.29 is 22.7 Å². The second kappa shape index (κ2) is 12.7. The zero-order chi connectivity index (χ0) is 29.7. The summed E-state index contributed by atoms with van der Waals surface area (Å²) in [6.45, 7) is 8.57. The summed E-state index contributed by atoms with van der Waals surface area (Å²) in [5, 5.41) is 3.30. The lowest BCUT2D eigenvalue weighted by Gasteiger charge is -2.33. The van der Waals surface area contributed by atoms with E-state index in [1.807, 2.05) is 39.8 Å². The molecule has 3 aromatic carbocycles. The summed E-state index contributed by atoms with van der Waals surface area (Å²) in [6, 6.07) is 18.9. The van der Waals surface area contributed by atoms with Crippen LogP contribution >= 0.6 is 11.6 Å². The van der Waals surface area contributed by atoms with Crippen LogP contribution in [0.25, 0.3) is 0 Å². The van der Waals surface area contributed by atoms with Crippen LogP contribution in [0.2, 0.25) is 5.02 Å². The van der Waals surface area contributed by atoms with Crippen LogP contribution in [0.1, 0.15) is 38.8 Å². The first kappa shape index (κ1) is 31.0. The number of ether oxygens (including phenoxy) is 1. The number of nitrogens with one attached hydrogen (secondary N) is 1. The maximum absolute atomic E-state index is 14.0. The first-order chi connectivity index (χ1) is 18.7. The lowest BCUT2D eigenvalue weighted by atomic mass is 10.1. The Labute approximate surface area is 241 Å². The van der Waals surface area contributed by atoms with Crippen LogP contribution in [0.3, 0.4) is 0 Å². The SMILES string of the molecule is COc1cccc(CN(C(=O)CN(c2cccc(C)c2)S(=O)(=O)c2ccc(Cl)cc2)C(C)C(=O)NC(C)(C)C)c1. The maximum Gasteiger partial charge on any atom is 0.264 e. The summed E-state index contributed by atoms with van der Waals surface area (Å²) < 4.78 is 34.1. The van der Waals surface area contributed by atoms with Crippen LogP contribution in [-0.2, 0) is 26.2 Å². The molecule has 8 nitrogen and oxygen atoms in total. The molecule has 214 valence electrons. The Bertz CT molecular complexity index is 1450. The van der Waals surface area contributed by atoms with Crippen LogP contribution in [0, 0.1) is 6.92 Å². The van der Waals surface area contributed by atoms with E-state index in [1.165, 1.54) is 29.2 Å². The Balaban J connectivity index is 2.05. The van der Waals surface area contributed by atoms with Gasteiger partial charge in [0.25, 0.3) is 10.0 Å². The fourth-order valence-electron chi connectivity index (χ4n) is 4.07. The number of halogens is 1. The van der Waals surface area contributed by atoms with Gasteiger partial charge in [0, 0.05) is 17.1 Å². The van der Waals surface area contributed by atoms with Crippen LogP contribution in [0.4, 0.5) is 5.69 Å². The summed E-state index contributed by atoms with van der Waals surface area (Å²) in [5.41, 5.74) is 1.36. The average Bonchev–Trinajstić information content (AvgIpc) is 2.89. The molecule has 1 unspecified atom stereocenters. The molecule has 0 aliphatic carbocycles. The van der Waals surface area contributed by atoms with Gasteiger partial charge in [-0.25, -0.2) is 8.42 Å². The van der Waals surface area contributed by atoms with Crippen LogP contribution in [0.15, 0.2) is 77.7 Å². The van der Waals surface area contributed by atoms with Crippen LogP contribution < -0.4 is 14.4 Å². The predicted molar refractivity (Wildman–Crippen MR) is 158 cm³/mol. The third-order valence-electron chi connectivity index (χ3n) is 6.12. The molecule has 10 heteroatoms. The molecule has 1 atom stereocenters. The highest BCUT2D eigenvalue weighted by Gasteiger charge is 2.33. The molecule has 0 heterocycles. The quantitative estimate of drug-likeness (QED) is 0.353. The van der Waals surface area contributed by atoms with Crippen molar-refractivity contribution in [3.8, 4) is 5.75 Å². The summed E-state index contributed by atoms with van der Waals surface area (Å²) in [5.74, 6) is -0.298. The standard InChI is InChI=1S/C30H36ClN3O5S/c1-21-9-7-11-25(17-21)34(40(37,38)27-15-13-24(31)14-16-27)20-28(35)33(22(2)29(36)32-30(3,4)5)19-23-10-8-12-26(18-23)39-6/h7-18,22H,19-20H2,1-6H3,(H,32,36). The number of amides is 2. The van der Waals surface area contributed by atoms with Gasteiger partial charge in [-0.2, -0.15) is 0 Å². The van der Waals surface area contributed by atoms with E-state index in [-0.39, 0.29) is 17.3 Å². The van der Waals surface area contributed by atoms with E-state index in [0.717, 1.165) is 15.4 Å².